The molecule has 0 saturated heterocycles. The van der Waals surface area contributed by atoms with E-state index < -0.39 is 30.0 Å². The van der Waals surface area contributed by atoms with Crippen LogP contribution in [0.25, 0.3) is 0 Å². The molecule has 0 aliphatic rings. The number of benzene rings is 1. The van der Waals surface area contributed by atoms with E-state index in [1.54, 1.807) is 6.92 Å². The topological polar surface area (TPSA) is 147 Å². The van der Waals surface area contributed by atoms with Gasteiger partial charge in [0.1, 0.15) is 0 Å². The molecule has 0 saturated carbocycles. The van der Waals surface area contributed by atoms with E-state index in [1.807, 2.05) is 34.6 Å². The third-order valence-corrected chi connectivity index (χ3v) is 5.00. The number of carboxylic acid groups (broad SMARTS) is 1. The molecular formula is C26H39NO10. The van der Waals surface area contributed by atoms with Crippen LogP contribution in [0.4, 0.5) is 9.59 Å². The molecule has 208 valence electrons. The van der Waals surface area contributed by atoms with Crippen molar-refractivity contribution in [1.82, 2.24) is 5.32 Å². The Morgan fingerprint density at radius 1 is 0.919 bits per heavy atom. The molecule has 0 aliphatic heterocycles. The van der Waals surface area contributed by atoms with Gasteiger partial charge in [0.2, 0.25) is 0 Å². The molecule has 1 rings (SSSR count). The SMILES string of the molecule is CCCOC(=O)Oc1ccc(C[C@](NC(C)CC)(OC(=O)CC(C)C)C(=O)O)cc1OC(=O)OCCC. The first-order chi connectivity index (χ1) is 17.5. The lowest BCUT2D eigenvalue weighted by atomic mass is 10.00. The van der Waals surface area contributed by atoms with Crippen LogP contribution >= 0.6 is 0 Å². The molecule has 0 radical (unpaired) electrons. The summed E-state index contributed by atoms with van der Waals surface area (Å²) >= 11 is 0. The van der Waals surface area contributed by atoms with E-state index in [0.29, 0.717) is 24.8 Å². The van der Waals surface area contributed by atoms with Crippen molar-refractivity contribution < 1.29 is 48.0 Å². The quantitative estimate of drug-likeness (QED) is 0.140. The van der Waals surface area contributed by atoms with Crippen molar-refractivity contribution in [2.24, 2.45) is 5.92 Å². The van der Waals surface area contributed by atoms with Crippen molar-refractivity contribution in [2.45, 2.75) is 85.4 Å². The second kappa shape index (κ2) is 15.7. The van der Waals surface area contributed by atoms with E-state index in [1.165, 1.54) is 18.2 Å². The van der Waals surface area contributed by atoms with E-state index in [-0.39, 0.29) is 49.5 Å². The first-order valence-corrected chi connectivity index (χ1v) is 12.5. The fraction of sp³-hybridized carbons (Fsp3) is 0.615. The Bertz CT molecular complexity index is 917. The van der Waals surface area contributed by atoms with E-state index >= 15 is 0 Å². The molecule has 0 aliphatic carbocycles. The number of carbonyl (C=O) groups is 4. The summed E-state index contributed by atoms with van der Waals surface area (Å²) in [7, 11) is 0. The van der Waals surface area contributed by atoms with Crippen molar-refractivity contribution >= 4 is 24.2 Å². The number of esters is 1. The number of nitrogens with one attached hydrogen (secondary N) is 1. The van der Waals surface area contributed by atoms with Crippen LogP contribution in [0.1, 0.15) is 72.8 Å². The van der Waals surface area contributed by atoms with Gasteiger partial charge in [0.15, 0.2) is 11.5 Å². The Morgan fingerprint density at radius 2 is 1.49 bits per heavy atom. The number of carbonyl (C=O) groups excluding carboxylic acids is 3. The van der Waals surface area contributed by atoms with Crippen LogP contribution in [-0.4, -0.2) is 54.3 Å². The van der Waals surface area contributed by atoms with Gasteiger partial charge < -0.3 is 28.8 Å². The maximum absolute atomic E-state index is 12.5. The fourth-order valence-corrected chi connectivity index (χ4v) is 3.09. The summed E-state index contributed by atoms with van der Waals surface area (Å²) in [5.41, 5.74) is -1.77. The second-order valence-corrected chi connectivity index (χ2v) is 9.02. The molecule has 2 atom stereocenters. The van der Waals surface area contributed by atoms with Gasteiger partial charge in [-0.3, -0.25) is 10.1 Å². The predicted molar refractivity (Wildman–Crippen MR) is 133 cm³/mol. The number of rotatable bonds is 15. The molecule has 0 amide bonds. The van der Waals surface area contributed by atoms with Crippen molar-refractivity contribution in [3.05, 3.63) is 23.8 Å². The van der Waals surface area contributed by atoms with Gasteiger partial charge in [-0.2, -0.15) is 0 Å². The number of ether oxygens (including phenoxy) is 5. The first kappa shape index (κ1) is 31.7. The third kappa shape index (κ3) is 11.1. The van der Waals surface area contributed by atoms with Gasteiger partial charge >= 0.3 is 24.2 Å². The second-order valence-electron chi connectivity index (χ2n) is 9.02. The number of aliphatic carboxylic acids is 1. The molecule has 1 aromatic rings. The summed E-state index contributed by atoms with van der Waals surface area (Å²) in [6.07, 6.45) is -0.596. The maximum atomic E-state index is 12.5. The molecule has 1 unspecified atom stereocenters. The maximum Gasteiger partial charge on any atom is 0.513 e. The van der Waals surface area contributed by atoms with Gasteiger partial charge in [0.05, 0.1) is 13.2 Å². The lowest BCUT2D eigenvalue weighted by Crippen LogP contribution is -2.59. The van der Waals surface area contributed by atoms with E-state index in [9.17, 15) is 24.3 Å². The smallest absolute Gasteiger partial charge is 0.477 e. The minimum Gasteiger partial charge on any atom is -0.477 e. The zero-order valence-corrected chi connectivity index (χ0v) is 22.5. The van der Waals surface area contributed by atoms with Crippen LogP contribution in [0.15, 0.2) is 18.2 Å². The molecule has 0 fully saturated rings. The molecule has 0 aromatic heterocycles. The monoisotopic (exact) mass is 525 g/mol. The van der Waals surface area contributed by atoms with Crippen molar-refractivity contribution in [3.63, 3.8) is 0 Å². The zero-order valence-electron chi connectivity index (χ0n) is 22.5. The normalized spacial score (nSPS) is 13.3. The molecule has 1 aromatic carbocycles. The number of carboxylic acids is 1. The number of hydrogen-bond donors (Lipinski definition) is 2. The standard InChI is InChI=1S/C26H39NO10/c1-7-12-33-24(31)35-20-11-10-19(15-21(20)36-25(32)34-13-8-2)16-26(23(29)30,27-18(6)9-3)37-22(28)14-17(4)5/h10-11,15,17-18,27H,7-9,12-14,16H2,1-6H3,(H,29,30)/t18?,26-/m0/s1. The minimum atomic E-state index is -2.09. The van der Waals surface area contributed by atoms with Gasteiger partial charge in [-0.1, -0.05) is 40.7 Å². The van der Waals surface area contributed by atoms with Gasteiger partial charge in [0, 0.05) is 18.9 Å². The minimum absolute atomic E-state index is 0.0293. The van der Waals surface area contributed by atoms with Gasteiger partial charge in [0.25, 0.3) is 5.72 Å². The molecule has 37 heavy (non-hydrogen) atoms. The Hall–Kier alpha value is -3.34. The largest absolute Gasteiger partial charge is 0.513 e. The molecule has 11 heteroatoms. The predicted octanol–water partition coefficient (Wildman–Crippen LogP) is 4.84. The summed E-state index contributed by atoms with van der Waals surface area (Å²) < 4.78 is 25.8. The lowest BCUT2D eigenvalue weighted by Gasteiger charge is -2.33. The fourth-order valence-electron chi connectivity index (χ4n) is 3.09. The number of hydrogen-bond acceptors (Lipinski definition) is 10. The lowest BCUT2D eigenvalue weighted by molar-refractivity contribution is -0.185. The van der Waals surface area contributed by atoms with Crippen molar-refractivity contribution in [2.75, 3.05) is 13.2 Å². The van der Waals surface area contributed by atoms with Crippen LogP contribution in [0, 0.1) is 5.92 Å². The molecule has 2 N–H and O–H groups in total. The molecule has 0 bridgehead atoms. The van der Waals surface area contributed by atoms with Gasteiger partial charge in [-0.15, -0.1) is 0 Å². The summed E-state index contributed by atoms with van der Waals surface area (Å²) in [5, 5.41) is 13.1. The third-order valence-electron chi connectivity index (χ3n) is 5.00. The Balaban J connectivity index is 3.40. The van der Waals surface area contributed by atoms with E-state index in [2.05, 4.69) is 5.32 Å². The molecule has 11 nitrogen and oxygen atoms in total. The summed E-state index contributed by atoms with van der Waals surface area (Å²) in [5.74, 6) is -2.43. The van der Waals surface area contributed by atoms with Crippen LogP contribution in [0.2, 0.25) is 0 Å². The van der Waals surface area contributed by atoms with Crippen molar-refractivity contribution in [3.8, 4) is 11.5 Å². The van der Waals surface area contributed by atoms with Crippen LogP contribution < -0.4 is 14.8 Å². The van der Waals surface area contributed by atoms with Crippen LogP contribution in [0.5, 0.6) is 11.5 Å². The highest BCUT2D eigenvalue weighted by Gasteiger charge is 2.44. The summed E-state index contributed by atoms with van der Waals surface area (Å²) in [6.45, 7) is 11.1. The van der Waals surface area contributed by atoms with Gasteiger partial charge in [-0.05, 0) is 49.8 Å². The highest BCUT2D eigenvalue weighted by molar-refractivity contribution is 5.82. The Labute approximate surface area is 217 Å². The zero-order chi connectivity index (χ0) is 28.0. The first-order valence-electron chi connectivity index (χ1n) is 12.5. The highest BCUT2D eigenvalue weighted by atomic mass is 16.7. The molecular weight excluding hydrogens is 486 g/mol. The highest BCUT2D eigenvalue weighted by Crippen LogP contribution is 2.31. The molecule has 0 heterocycles. The average Bonchev–Trinajstić information content (AvgIpc) is 2.82. The Morgan fingerprint density at radius 3 is 1.97 bits per heavy atom. The van der Waals surface area contributed by atoms with E-state index in [0.717, 1.165) is 0 Å². The van der Waals surface area contributed by atoms with Crippen LogP contribution in [0.3, 0.4) is 0 Å². The van der Waals surface area contributed by atoms with E-state index in [4.69, 9.17) is 23.7 Å². The summed E-state index contributed by atoms with van der Waals surface area (Å²) in [4.78, 5) is 49.1. The van der Waals surface area contributed by atoms with Crippen LogP contribution in [-0.2, 0) is 30.2 Å². The van der Waals surface area contributed by atoms with Gasteiger partial charge in [-0.25, -0.2) is 14.4 Å². The average molecular weight is 526 g/mol. The molecule has 0 spiro atoms. The Kier molecular flexibility index (Phi) is 13.4. The summed E-state index contributed by atoms with van der Waals surface area (Å²) in [6, 6.07) is 3.82. The van der Waals surface area contributed by atoms with Crippen molar-refractivity contribution in [1.29, 1.82) is 0 Å².